The van der Waals surface area contributed by atoms with Crippen LogP contribution in [-0.4, -0.2) is 44.3 Å². The average molecular weight is 499 g/mol. The van der Waals surface area contributed by atoms with E-state index in [0.717, 1.165) is 22.6 Å². The molecule has 2 atom stereocenters. The van der Waals surface area contributed by atoms with E-state index < -0.39 is 0 Å². The van der Waals surface area contributed by atoms with E-state index in [-0.39, 0.29) is 23.8 Å². The standard InChI is InChI=1S/C25H27ClN4O3S/c1-15-13-18(16(2)30(15)20-14-17(26)9-10-21(20)31)24-23(19-7-4-5-11-27-19)28-25(34)29(24)12-6-8-22(32)33-3/h4-5,7,9-11,13-14,23-24,31H,6,8,12H2,1-3H3,(H,28,34)/t23-,24-/m1/s1. The van der Waals surface area contributed by atoms with Crippen LogP contribution in [0.2, 0.25) is 5.02 Å². The van der Waals surface area contributed by atoms with Crippen LogP contribution in [-0.2, 0) is 9.53 Å². The van der Waals surface area contributed by atoms with Gasteiger partial charge in [0.2, 0.25) is 0 Å². The molecule has 0 aliphatic carbocycles. The molecule has 1 aliphatic heterocycles. The van der Waals surface area contributed by atoms with Gasteiger partial charge < -0.3 is 24.6 Å². The minimum Gasteiger partial charge on any atom is -0.506 e. The van der Waals surface area contributed by atoms with Crippen molar-refractivity contribution in [1.29, 1.82) is 0 Å². The van der Waals surface area contributed by atoms with Gasteiger partial charge in [-0.1, -0.05) is 17.7 Å². The van der Waals surface area contributed by atoms with Crippen LogP contribution in [0.15, 0.2) is 48.7 Å². The Labute approximate surface area is 209 Å². The lowest BCUT2D eigenvalue weighted by Crippen LogP contribution is -2.31. The lowest BCUT2D eigenvalue weighted by atomic mass is 9.96. The highest BCUT2D eigenvalue weighted by molar-refractivity contribution is 7.80. The zero-order chi connectivity index (χ0) is 24.4. The number of carbonyl (C=O) groups excluding carboxylic acids is 1. The predicted molar refractivity (Wildman–Crippen MR) is 135 cm³/mol. The van der Waals surface area contributed by atoms with Crippen molar-refractivity contribution >= 4 is 34.9 Å². The molecule has 4 rings (SSSR count). The molecule has 2 aromatic heterocycles. The summed E-state index contributed by atoms with van der Waals surface area (Å²) in [5, 5.41) is 15.1. The Hall–Kier alpha value is -3.10. The second-order valence-electron chi connectivity index (χ2n) is 8.29. The van der Waals surface area contributed by atoms with Gasteiger partial charge in [-0.2, -0.15) is 0 Å². The van der Waals surface area contributed by atoms with Crippen molar-refractivity contribution in [3.8, 4) is 11.4 Å². The zero-order valence-corrected chi connectivity index (χ0v) is 20.9. The van der Waals surface area contributed by atoms with Crippen molar-refractivity contribution < 1.29 is 14.6 Å². The highest BCUT2D eigenvalue weighted by Crippen LogP contribution is 2.42. The van der Waals surface area contributed by atoms with E-state index in [9.17, 15) is 9.90 Å². The molecule has 0 unspecified atom stereocenters. The van der Waals surface area contributed by atoms with Crippen molar-refractivity contribution in [2.24, 2.45) is 0 Å². The van der Waals surface area contributed by atoms with Gasteiger partial charge in [-0.05, 0) is 74.4 Å². The normalized spacial score (nSPS) is 17.6. The van der Waals surface area contributed by atoms with Crippen LogP contribution in [0, 0.1) is 13.8 Å². The molecule has 2 N–H and O–H groups in total. The number of halogens is 1. The number of hydrogen-bond acceptors (Lipinski definition) is 5. The van der Waals surface area contributed by atoms with E-state index in [1.165, 1.54) is 7.11 Å². The van der Waals surface area contributed by atoms with E-state index in [2.05, 4.69) is 21.3 Å². The lowest BCUT2D eigenvalue weighted by molar-refractivity contribution is -0.140. The molecule has 1 aromatic carbocycles. The molecule has 7 nitrogen and oxygen atoms in total. The zero-order valence-electron chi connectivity index (χ0n) is 19.3. The van der Waals surface area contributed by atoms with Gasteiger partial charge >= 0.3 is 5.97 Å². The van der Waals surface area contributed by atoms with Crippen LogP contribution in [0.5, 0.6) is 5.75 Å². The molecule has 1 fully saturated rings. The number of thiocarbonyl (C=S) groups is 1. The summed E-state index contributed by atoms with van der Waals surface area (Å²) >= 11 is 12.0. The number of carbonyl (C=O) groups is 1. The number of aromatic nitrogens is 2. The molecular formula is C25H27ClN4O3S. The Morgan fingerprint density at radius 2 is 2.06 bits per heavy atom. The molecular weight excluding hydrogens is 472 g/mol. The molecule has 178 valence electrons. The van der Waals surface area contributed by atoms with Gasteiger partial charge in [-0.15, -0.1) is 0 Å². The number of methoxy groups -OCH3 is 1. The number of pyridine rings is 1. The van der Waals surface area contributed by atoms with E-state index in [1.807, 2.05) is 36.6 Å². The number of rotatable bonds is 7. The molecule has 3 heterocycles. The first-order valence-electron chi connectivity index (χ1n) is 11.0. The molecule has 9 heteroatoms. The Balaban J connectivity index is 1.78. The number of nitrogens with zero attached hydrogens (tertiary/aromatic N) is 3. The molecule has 34 heavy (non-hydrogen) atoms. The fourth-order valence-corrected chi connectivity index (χ4v) is 5.11. The van der Waals surface area contributed by atoms with E-state index >= 15 is 0 Å². The Morgan fingerprint density at radius 1 is 1.26 bits per heavy atom. The third kappa shape index (κ3) is 4.60. The highest BCUT2D eigenvalue weighted by Gasteiger charge is 2.41. The fourth-order valence-electron chi connectivity index (χ4n) is 4.61. The molecule has 0 radical (unpaired) electrons. The quantitative estimate of drug-likeness (QED) is 0.358. The summed E-state index contributed by atoms with van der Waals surface area (Å²) < 4.78 is 6.80. The monoisotopic (exact) mass is 498 g/mol. The number of ether oxygens (including phenoxy) is 1. The van der Waals surface area contributed by atoms with Gasteiger partial charge in [0.25, 0.3) is 0 Å². The number of phenolic OH excluding ortho intramolecular Hbond substituents is 1. The summed E-state index contributed by atoms with van der Waals surface area (Å²) in [6, 6.07) is 12.6. The maximum atomic E-state index is 11.7. The number of nitrogens with one attached hydrogen (secondary N) is 1. The first kappa shape index (κ1) is 24.0. The van der Waals surface area contributed by atoms with Gasteiger partial charge in [-0.25, -0.2) is 0 Å². The van der Waals surface area contributed by atoms with Crippen molar-refractivity contribution in [3.63, 3.8) is 0 Å². The summed E-state index contributed by atoms with van der Waals surface area (Å²) in [5.74, 6) is -0.0977. The lowest BCUT2D eigenvalue weighted by Gasteiger charge is -2.28. The average Bonchev–Trinajstić information content (AvgIpc) is 3.31. The maximum absolute atomic E-state index is 11.7. The molecule has 0 spiro atoms. The number of aryl methyl sites for hydroxylation is 1. The van der Waals surface area contributed by atoms with Gasteiger partial charge in [0, 0.05) is 35.6 Å². The third-order valence-electron chi connectivity index (χ3n) is 6.17. The van der Waals surface area contributed by atoms with Gasteiger partial charge in [0.1, 0.15) is 5.75 Å². The molecule has 3 aromatic rings. The van der Waals surface area contributed by atoms with Crippen LogP contribution in [0.4, 0.5) is 0 Å². The Kier molecular flexibility index (Phi) is 7.09. The van der Waals surface area contributed by atoms with Crippen LogP contribution in [0.1, 0.15) is 47.6 Å². The summed E-state index contributed by atoms with van der Waals surface area (Å²) in [7, 11) is 1.39. The third-order valence-corrected chi connectivity index (χ3v) is 6.76. The fraction of sp³-hybridized carbons (Fsp3) is 0.320. The van der Waals surface area contributed by atoms with Crippen molar-refractivity contribution in [2.45, 2.75) is 38.8 Å². The minimum atomic E-state index is -0.245. The first-order valence-corrected chi connectivity index (χ1v) is 11.8. The van der Waals surface area contributed by atoms with Crippen molar-refractivity contribution in [2.75, 3.05) is 13.7 Å². The highest BCUT2D eigenvalue weighted by atomic mass is 35.5. The first-order chi connectivity index (χ1) is 16.3. The number of phenols is 1. The Morgan fingerprint density at radius 3 is 2.76 bits per heavy atom. The minimum absolute atomic E-state index is 0.147. The topological polar surface area (TPSA) is 79.6 Å². The van der Waals surface area contributed by atoms with Gasteiger partial charge in [0.15, 0.2) is 5.11 Å². The summed E-state index contributed by atoms with van der Waals surface area (Å²) in [5.41, 5.74) is 4.47. The predicted octanol–water partition coefficient (Wildman–Crippen LogP) is 4.77. The second kappa shape index (κ2) is 10.0. The summed E-state index contributed by atoms with van der Waals surface area (Å²) in [6.45, 7) is 4.60. The van der Waals surface area contributed by atoms with Gasteiger partial charge in [0.05, 0.1) is 30.6 Å². The van der Waals surface area contributed by atoms with E-state index in [4.69, 9.17) is 28.6 Å². The second-order valence-corrected chi connectivity index (χ2v) is 9.12. The molecule has 0 amide bonds. The number of aromatic hydroxyl groups is 1. The number of esters is 1. The van der Waals surface area contributed by atoms with Crippen LogP contribution < -0.4 is 5.32 Å². The largest absolute Gasteiger partial charge is 0.506 e. The van der Waals surface area contributed by atoms with Crippen LogP contribution in [0.25, 0.3) is 5.69 Å². The van der Waals surface area contributed by atoms with Crippen molar-refractivity contribution in [1.82, 2.24) is 19.8 Å². The smallest absolute Gasteiger partial charge is 0.305 e. The summed E-state index contributed by atoms with van der Waals surface area (Å²) in [4.78, 5) is 18.4. The molecule has 1 saturated heterocycles. The van der Waals surface area contributed by atoms with E-state index in [1.54, 1.807) is 24.4 Å². The number of benzene rings is 1. The van der Waals surface area contributed by atoms with Gasteiger partial charge in [-0.3, -0.25) is 9.78 Å². The van der Waals surface area contributed by atoms with Crippen LogP contribution in [0.3, 0.4) is 0 Å². The van der Waals surface area contributed by atoms with E-state index in [0.29, 0.717) is 35.2 Å². The molecule has 0 saturated carbocycles. The summed E-state index contributed by atoms with van der Waals surface area (Å²) in [6.07, 6.45) is 2.68. The number of hydrogen-bond donors (Lipinski definition) is 2. The molecule has 1 aliphatic rings. The van der Waals surface area contributed by atoms with Crippen LogP contribution >= 0.6 is 23.8 Å². The maximum Gasteiger partial charge on any atom is 0.305 e. The molecule has 0 bridgehead atoms. The SMILES string of the molecule is COC(=O)CCCN1C(=S)N[C@H](c2ccccn2)[C@H]1c1cc(C)n(-c2cc(Cl)ccc2O)c1C. The van der Waals surface area contributed by atoms with Crippen molar-refractivity contribution in [3.05, 3.63) is 76.3 Å². The Bertz CT molecular complexity index is 1210.